The van der Waals surface area contributed by atoms with Gasteiger partial charge < -0.3 is 4.74 Å². The Morgan fingerprint density at radius 1 is 1.24 bits per heavy atom. The third-order valence-corrected chi connectivity index (χ3v) is 4.71. The van der Waals surface area contributed by atoms with Gasteiger partial charge in [0.2, 0.25) is 0 Å². The Labute approximate surface area is 126 Å². The number of aryl methyl sites for hydroxylation is 1. The molecule has 2 aliphatic rings. The highest BCUT2D eigenvalue weighted by Gasteiger charge is 2.45. The van der Waals surface area contributed by atoms with Gasteiger partial charge in [-0.3, -0.25) is 10.2 Å². The minimum atomic E-state index is -0.451. The van der Waals surface area contributed by atoms with E-state index in [0.29, 0.717) is 0 Å². The molecule has 1 aromatic carbocycles. The summed E-state index contributed by atoms with van der Waals surface area (Å²) in [5.74, 6) is 0. The fraction of sp³-hybridized carbons (Fsp3) is 0.588. The molecule has 0 radical (unpaired) electrons. The number of hydrogen-bond acceptors (Lipinski definition) is 3. The van der Waals surface area contributed by atoms with Gasteiger partial charge in [-0.15, -0.1) is 0 Å². The molecule has 21 heavy (non-hydrogen) atoms. The maximum atomic E-state index is 11.9. The summed E-state index contributed by atoms with van der Waals surface area (Å²) in [6.45, 7) is 10.6. The SMILES string of the molecule is Cc1ccc2c(c1)NC(=O)OC21CCN(C(C)(C)C)CC1. The van der Waals surface area contributed by atoms with E-state index in [-0.39, 0.29) is 11.6 Å². The van der Waals surface area contributed by atoms with Crippen LogP contribution in [0.3, 0.4) is 0 Å². The molecule has 0 atom stereocenters. The van der Waals surface area contributed by atoms with E-state index in [1.165, 1.54) is 0 Å². The molecule has 0 bridgehead atoms. The Morgan fingerprint density at radius 2 is 1.90 bits per heavy atom. The number of hydrogen-bond donors (Lipinski definition) is 1. The molecular formula is C17H24N2O2. The lowest BCUT2D eigenvalue weighted by Gasteiger charge is -2.47. The van der Waals surface area contributed by atoms with Crippen LogP contribution in [0.1, 0.15) is 44.7 Å². The van der Waals surface area contributed by atoms with Gasteiger partial charge in [0.1, 0.15) is 5.60 Å². The Kier molecular flexibility index (Phi) is 3.24. The van der Waals surface area contributed by atoms with Gasteiger partial charge in [0.15, 0.2) is 0 Å². The number of fused-ring (bicyclic) bond motifs is 2. The molecule has 1 spiro atoms. The largest absolute Gasteiger partial charge is 0.438 e. The van der Waals surface area contributed by atoms with Crippen molar-refractivity contribution in [2.75, 3.05) is 18.4 Å². The van der Waals surface area contributed by atoms with E-state index in [1.54, 1.807) is 0 Å². The van der Waals surface area contributed by atoms with Crippen LogP contribution in [0.15, 0.2) is 18.2 Å². The van der Waals surface area contributed by atoms with Crippen molar-refractivity contribution in [1.82, 2.24) is 4.90 Å². The summed E-state index contributed by atoms with van der Waals surface area (Å²) in [7, 11) is 0. The number of ether oxygens (including phenoxy) is 1. The second-order valence-electron chi connectivity index (χ2n) is 7.22. The third kappa shape index (κ3) is 2.53. The van der Waals surface area contributed by atoms with Crippen LogP contribution in [0.25, 0.3) is 0 Å². The first kappa shape index (κ1) is 14.4. The van der Waals surface area contributed by atoms with Crippen molar-refractivity contribution in [3.05, 3.63) is 29.3 Å². The van der Waals surface area contributed by atoms with Crippen molar-refractivity contribution in [2.45, 2.75) is 51.7 Å². The zero-order chi connectivity index (χ0) is 15.3. The maximum absolute atomic E-state index is 11.9. The normalized spacial score (nSPS) is 21.6. The summed E-state index contributed by atoms with van der Waals surface area (Å²) in [4.78, 5) is 14.4. The number of carbonyl (C=O) groups is 1. The highest BCUT2D eigenvalue weighted by atomic mass is 16.6. The molecule has 0 saturated carbocycles. The van der Waals surface area contributed by atoms with Gasteiger partial charge in [-0.1, -0.05) is 12.1 Å². The lowest BCUT2D eigenvalue weighted by molar-refractivity contribution is -0.0543. The van der Waals surface area contributed by atoms with E-state index in [2.05, 4.69) is 43.1 Å². The molecule has 1 fully saturated rings. The number of likely N-dealkylation sites (tertiary alicyclic amines) is 1. The van der Waals surface area contributed by atoms with Gasteiger partial charge in [-0.25, -0.2) is 4.79 Å². The van der Waals surface area contributed by atoms with Crippen LogP contribution < -0.4 is 5.32 Å². The van der Waals surface area contributed by atoms with Gasteiger partial charge in [0.25, 0.3) is 0 Å². The minimum Gasteiger partial charge on any atom is -0.438 e. The zero-order valence-corrected chi connectivity index (χ0v) is 13.3. The van der Waals surface area contributed by atoms with E-state index in [9.17, 15) is 4.79 Å². The predicted octanol–water partition coefficient (Wildman–Crippen LogP) is 3.65. The number of nitrogens with zero attached hydrogens (tertiary/aromatic N) is 1. The number of nitrogens with one attached hydrogen (secondary N) is 1. The van der Waals surface area contributed by atoms with Crippen LogP contribution in [0.5, 0.6) is 0 Å². The maximum Gasteiger partial charge on any atom is 0.412 e. The third-order valence-electron chi connectivity index (χ3n) is 4.71. The fourth-order valence-corrected chi connectivity index (χ4v) is 3.44. The topological polar surface area (TPSA) is 41.6 Å². The van der Waals surface area contributed by atoms with Crippen LogP contribution in [-0.4, -0.2) is 29.6 Å². The van der Waals surface area contributed by atoms with Crippen LogP contribution in [0.4, 0.5) is 10.5 Å². The number of rotatable bonds is 0. The second kappa shape index (κ2) is 4.73. The van der Waals surface area contributed by atoms with Crippen LogP contribution >= 0.6 is 0 Å². The van der Waals surface area contributed by atoms with E-state index < -0.39 is 5.60 Å². The quantitative estimate of drug-likeness (QED) is 0.792. The van der Waals surface area contributed by atoms with Crippen molar-refractivity contribution < 1.29 is 9.53 Å². The van der Waals surface area contributed by atoms with Gasteiger partial charge in [0, 0.05) is 37.0 Å². The lowest BCUT2D eigenvalue weighted by Crippen LogP contribution is -2.53. The van der Waals surface area contributed by atoms with Crippen molar-refractivity contribution in [3.63, 3.8) is 0 Å². The Morgan fingerprint density at radius 3 is 2.52 bits per heavy atom. The molecule has 0 unspecified atom stereocenters. The summed E-state index contributed by atoms with van der Waals surface area (Å²) in [5.41, 5.74) is 2.90. The van der Waals surface area contributed by atoms with Crippen molar-refractivity contribution >= 4 is 11.8 Å². The summed E-state index contributed by atoms with van der Waals surface area (Å²) in [6.07, 6.45) is 1.39. The fourth-order valence-electron chi connectivity index (χ4n) is 3.44. The van der Waals surface area contributed by atoms with E-state index in [4.69, 9.17) is 4.74 Å². The standard InChI is InChI=1S/C17H24N2O2/c1-12-5-6-13-14(11-12)18-15(20)21-17(13)7-9-19(10-8-17)16(2,3)4/h5-6,11H,7-10H2,1-4H3,(H,18,20). The first-order valence-electron chi connectivity index (χ1n) is 7.66. The highest BCUT2D eigenvalue weighted by molar-refractivity contribution is 5.89. The van der Waals surface area contributed by atoms with Crippen molar-refractivity contribution in [2.24, 2.45) is 0 Å². The van der Waals surface area contributed by atoms with Crippen LogP contribution in [0.2, 0.25) is 0 Å². The number of benzene rings is 1. The first-order valence-corrected chi connectivity index (χ1v) is 7.66. The summed E-state index contributed by atoms with van der Waals surface area (Å²) >= 11 is 0. The molecule has 4 heteroatoms. The average Bonchev–Trinajstić information content (AvgIpc) is 2.37. The minimum absolute atomic E-state index is 0.161. The second-order valence-corrected chi connectivity index (χ2v) is 7.22. The van der Waals surface area contributed by atoms with Gasteiger partial charge >= 0.3 is 6.09 Å². The van der Waals surface area contributed by atoms with Crippen LogP contribution in [0, 0.1) is 6.92 Å². The summed E-state index contributed by atoms with van der Waals surface area (Å²) in [5, 5.41) is 2.84. The Balaban J connectivity index is 1.92. The average molecular weight is 288 g/mol. The zero-order valence-electron chi connectivity index (χ0n) is 13.3. The molecule has 1 saturated heterocycles. The number of anilines is 1. The summed E-state index contributed by atoms with van der Waals surface area (Å²) in [6, 6.07) is 6.24. The molecular weight excluding hydrogens is 264 g/mol. The molecule has 1 amide bonds. The van der Waals surface area contributed by atoms with Crippen LogP contribution in [-0.2, 0) is 10.3 Å². The molecule has 1 N–H and O–H groups in total. The Bertz CT molecular complexity index is 567. The molecule has 2 aliphatic heterocycles. The van der Waals surface area contributed by atoms with Gasteiger partial charge in [-0.05, 0) is 39.3 Å². The first-order chi connectivity index (χ1) is 9.80. The highest BCUT2D eigenvalue weighted by Crippen LogP contribution is 2.44. The predicted molar refractivity (Wildman–Crippen MR) is 83.5 cm³/mol. The molecule has 0 aliphatic carbocycles. The smallest absolute Gasteiger partial charge is 0.412 e. The van der Waals surface area contributed by atoms with E-state index in [1.807, 2.05) is 13.0 Å². The number of carbonyl (C=O) groups excluding carboxylic acids is 1. The number of piperidine rings is 1. The van der Waals surface area contributed by atoms with E-state index in [0.717, 1.165) is 42.7 Å². The summed E-state index contributed by atoms with van der Waals surface area (Å²) < 4.78 is 5.77. The van der Waals surface area contributed by atoms with Gasteiger partial charge in [0.05, 0.1) is 5.69 Å². The van der Waals surface area contributed by atoms with E-state index >= 15 is 0 Å². The molecule has 1 aromatic rings. The molecule has 114 valence electrons. The van der Waals surface area contributed by atoms with Crippen molar-refractivity contribution in [1.29, 1.82) is 0 Å². The molecule has 4 nitrogen and oxygen atoms in total. The lowest BCUT2D eigenvalue weighted by atomic mass is 9.81. The Hall–Kier alpha value is -1.55. The number of amides is 1. The molecule has 0 aromatic heterocycles. The molecule has 2 heterocycles. The molecule has 3 rings (SSSR count). The van der Waals surface area contributed by atoms with Gasteiger partial charge in [-0.2, -0.15) is 0 Å². The monoisotopic (exact) mass is 288 g/mol. The van der Waals surface area contributed by atoms with Crippen molar-refractivity contribution in [3.8, 4) is 0 Å².